The lowest BCUT2D eigenvalue weighted by atomic mass is 9.96. The van der Waals surface area contributed by atoms with Crippen molar-refractivity contribution in [3.05, 3.63) is 54.1 Å². The number of piperidine rings is 1. The largest absolute Gasteiger partial charge is 0.492 e. The third-order valence-electron chi connectivity index (χ3n) is 5.15. The number of ether oxygens (including phenoxy) is 1. The van der Waals surface area contributed by atoms with Crippen LogP contribution in [0.5, 0.6) is 5.75 Å². The number of fused-ring (bicyclic) bond motifs is 1. The second kappa shape index (κ2) is 7.87. The number of rotatable bonds is 4. The summed E-state index contributed by atoms with van der Waals surface area (Å²) < 4.78 is 34.3. The maximum atomic E-state index is 12.9. The molecule has 2 aromatic rings. The lowest BCUT2D eigenvalue weighted by molar-refractivity contribution is -0.121. The van der Waals surface area contributed by atoms with Crippen LogP contribution in [-0.2, 0) is 14.8 Å². The van der Waals surface area contributed by atoms with Crippen molar-refractivity contribution in [1.82, 2.24) is 4.90 Å². The Kier molecular flexibility index (Phi) is 5.27. The number of hydrogen-bond donors (Lipinski definition) is 1. The van der Waals surface area contributed by atoms with E-state index in [2.05, 4.69) is 9.71 Å². The smallest absolute Gasteiger partial charge is 0.285 e. The number of sulfonamides is 1. The Morgan fingerprint density at radius 3 is 2.79 bits per heavy atom. The van der Waals surface area contributed by atoms with Crippen molar-refractivity contribution >= 4 is 27.5 Å². The molecule has 152 valence electrons. The van der Waals surface area contributed by atoms with Gasteiger partial charge in [-0.25, -0.2) is 0 Å². The molecule has 7 nitrogen and oxygen atoms in total. The van der Waals surface area contributed by atoms with Crippen molar-refractivity contribution in [2.45, 2.75) is 24.7 Å². The topological polar surface area (TPSA) is 88.1 Å². The first-order chi connectivity index (χ1) is 14.0. The number of benzene rings is 2. The van der Waals surface area contributed by atoms with Gasteiger partial charge in [0.25, 0.3) is 10.0 Å². The van der Waals surface area contributed by atoms with Crippen LogP contribution in [0.15, 0.2) is 57.8 Å². The minimum Gasteiger partial charge on any atom is -0.492 e. The highest BCUT2D eigenvalue weighted by atomic mass is 32.2. The maximum absolute atomic E-state index is 12.9. The zero-order chi connectivity index (χ0) is 20.4. The second-order valence-corrected chi connectivity index (χ2v) is 8.66. The van der Waals surface area contributed by atoms with Gasteiger partial charge in [-0.15, -0.1) is 4.40 Å². The Bertz CT molecular complexity index is 1070. The predicted molar refractivity (Wildman–Crippen MR) is 111 cm³/mol. The normalized spacial score (nSPS) is 20.0. The minimum absolute atomic E-state index is 0.100. The number of para-hydroxylation sites is 2. The molecule has 1 atom stereocenters. The summed E-state index contributed by atoms with van der Waals surface area (Å²) in [6.07, 6.45) is 1.52. The minimum atomic E-state index is -3.67. The number of carbonyl (C=O) groups is 1. The summed E-state index contributed by atoms with van der Waals surface area (Å²) in [4.78, 5) is 15.0. The van der Waals surface area contributed by atoms with Gasteiger partial charge < -0.3 is 15.0 Å². The summed E-state index contributed by atoms with van der Waals surface area (Å²) in [6.45, 7) is 3.50. The van der Waals surface area contributed by atoms with E-state index in [1.807, 2.05) is 36.1 Å². The summed E-state index contributed by atoms with van der Waals surface area (Å²) in [5.74, 6) is 0.706. The van der Waals surface area contributed by atoms with Crippen LogP contribution in [0, 0.1) is 5.92 Å². The monoisotopic (exact) mass is 413 g/mol. The number of amidine groups is 1. The van der Waals surface area contributed by atoms with E-state index in [9.17, 15) is 13.2 Å². The average molecular weight is 413 g/mol. The molecule has 2 heterocycles. The predicted octanol–water partition coefficient (Wildman–Crippen LogP) is 2.88. The number of anilines is 1. The SMILES string of the molecule is CCOc1ccccc1NC(=O)[C@H]1CCCN(C2=NS(=O)(=O)c3ccccc32)C1. The second-order valence-electron chi connectivity index (χ2n) is 7.09. The average Bonchev–Trinajstić information content (AvgIpc) is 3.01. The van der Waals surface area contributed by atoms with Crippen molar-refractivity contribution < 1.29 is 17.9 Å². The Hall–Kier alpha value is -2.87. The maximum Gasteiger partial charge on any atom is 0.285 e. The number of likely N-dealkylation sites (tertiary alicyclic amines) is 1. The van der Waals surface area contributed by atoms with Crippen molar-refractivity contribution in [2.75, 3.05) is 25.0 Å². The summed E-state index contributed by atoms with van der Waals surface area (Å²) in [5.41, 5.74) is 1.25. The van der Waals surface area contributed by atoms with Crippen LogP contribution >= 0.6 is 0 Å². The molecule has 1 N–H and O–H groups in total. The fourth-order valence-electron chi connectivity index (χ4n) is 3.79. The van der Waals surface area contributed by atoms with Crippen LogP contribution in [0.25, 0.3) is 0 Å². The first-order valence-corrected chi connectivity index (χ1v) is 11.2. The van der Waals surface area contributed by atoms with Gasteiger partial charge in [0.2, 0.25) is 5.91 Å². The van der Waals surface area contributed by atoms with Gasteiger partial charge in [-0.05, 0) is 44.0 Å². The van der Waals surface area contributed by atoms with Gasteiger partial charge in [-0.3, -0.25) is 4.79 Å². The highest BCUT2D eigenvalue weighted by Crippen LogP contribution is 2.30. The lowest BCUT2D eigenvalue weighted by Gasteiger charge is -2.33. The Labute approximate surface area is 170 Å². The fourth-order valence-corrected chi connectivity index (χ4v) is 5.01. The van der Waals surface area contributed by atoms with Gasteiger partial charge in [0.15, 0.2) is 5.84 Å². The highest BCUT2D eigenvalue weighted by Gasteiger charge is 2.35. The van der Waals surface area contributed by atoms with E-state index in [0.717, 1.165) is 12.8 Å². The molecule has 8 heteroatoms. The van der Waals surface area contributed by atoms with E-state index in [0.29, 0.717) is 42.5 Å². The Morgan fingerprint density at radius 1 is 1.21 bits per heavy atom. The van der Waals surface area contributed by atoms with E-state index >= 15 is 0 Å². The molecular weight excluding hydrogens is 390 g/mol. The molecule has 4 rings (SSSR count). The van der Waals surface area contributed by atoms with E-state index < -0.39 is 10.0 Å². The molecule has 29 heavy (non-hydrogen) atoms. The molecule has 0 radical (unpaired) electrons. The summed E-state index contributed by atoms with van der Waals surface area (Å²) in [6, 6.07) is 14.2. The Balaban J connectivity index is 1.52. The lowest BCUT2D eigenvalue weighted by Crippen LogP contribution is -2.43. The van der Waals surface area contributed by atoms with Crippen LogP contribution in [0.2, 0.25) is 0 Å². The molecular formula is C21H23N3O4S. The standard InChI is InChI=1S/C21H23N3O4S/c1-2-28-18-11-5-4-10-17(18)22-21(25)15-8-7-13-24(14-15)20-16-9-3-6-12-19(16)29(26,27)23-20/h3-6,9-12,15H,2,7-8,13-14H2,1H3,(H,22,25)/t15-/m0/s1. The molecule has 2 aliphatic rings. The molecule has 2 aromatic carbocycles. The molecule has 1 fully saturated rings. The quantitative estimate of drug-likeness (QED) is 0.833. The van der Waals surface area contributed by atoms with Gasteiger partial charge >= 0.3 is 0 Å². The van der Waals surface area contributed by atoms with Gasteiger partial charge in [-0.1, -0.05) is 24.3 Å². The number of hydrogen-bond acceptors (Lipinski definition) is 5. The van der Waals surface area contributed by atoms with Crippen molar-refractivity contribution in [1.29, 1.82) is 0 Å². The summed E-state index contributed by atoms with van der Waals surface area (Å²) in [7, 11) is -3.67. The van der Waals surface area contributed by atoms with E-state index in [-0.39, 0.29) is 16.7 Å². The number of amides is 1. The van der Waals surface area contributed by atoms with Gasteiger partial charge in [-0.2, -0.15) is 8.42 Å². The van der Waals surface area contributed by atoms with Gasteiger partial charge in [0.05, 0.1) is 18.2 Å². The van der Waals surface area contributed by atoms with Gasteiger partial charge in [0, 0.05) is 18.7 Å². The molecule has 0 spiro atoms. The van der Waals surface area contributed by atoms with Crippen molar-refractivity contribution in [3.8, 4) is 5.75 Å². The summed E-state index contributed by atoms with van der Waals surface area (Å²) in [5, 5.41) is 2.96. The molecule has 0 aromatic heterocycles. The first-order valence-electron chi connectivity index (χ1n) is 9.71. The zero-order valence-corrected chi connectivity index (χ0v) is 17.0. The zero-order valence-electron chi connectivity index (χ0n) is 16.2. The van der Waals surface area contributed by atoms with Crippen LogP contribution in [-0.4, -0.2) is 44.8 Å². The molecule has 0 bridgehead atoms. The molecule has 2 aliphatic heterocycles. The summed E-state index contributed by atoms with van der Waals surface area (Å²) >= 11 is 0. The first kappa shape index (κ1) is 19.4. The van der Waals surface area contributed by atoms with Gasteiger partial charge in [0.1, 0.15) is 10.6 Å². The van der Waals surface area contributed by atoms with Crippen molar-refractivity contribution in [3.63, 3.8) is 0 Å². The molecule has 0 unspecified atom stereocenters. The third kappa shape index (κ3) is 3.85. The third-order valence-corrected chi connectivity index (χ3v) is 6.47. The Morgan fingerprint density at radius 2 is 1.97 bits per heavy atom. The van der Waals surface area contributed by atoms with E-state index in [4.69, 9.17) is 4.74 Å². The fraction of sp³-hybridized carbons (Fsp3) is 0.333. The van der Waals surface area contributed by atoms with Crippen molar-refractivity contribution in [2.24, 2.45) is 10.3 Å². The van der Waals surface area contributed by atoms with E-state index in [1.54, 1.807) is 24.3 Å². The van der Waals surface area contributed by atoms with Crippen LogP contribution < -0.4 is 10.1 Å². The molecule has 0 aliphatic carbocycles. The van der Waals surface area contributed by atoms with Crippen LogP contribution in [0.4, 0.5) is 5.69 Å². The molecule has 0 saturated carbocycles. The number of nitrogens with zero attached hydrogens (tertiary/aromatic N) is 2. The highest BCUT2D eigenvalue weighted by molar-refractivity contribution is 7.90. The molecule has 1 amide bonds. The number of nitrogens with one attached hydrogen (secondary N) is 1. The van der Waals surface area contributed by atoms with Crippen LogP contribution in [0.1, 0.15) is 25.3 Å². The van der Waals surface area contributed by atoms with E-state index in [1.165, 1.54) is 0 Å². The molecule has 1 saturated heterocycles. The van der Waals surface area contributed by atoms with Crippen LogP contribution in [0.3, 0.4) is 0 Å². The number of carbonyl (C=O) groups excluding carboxylic acids is 1.